The number of nitrogens with zero attached hydrogens (tertiary/aromatic N) is 2. The third kappa shape index (κ3) is 7.61. The molecular formula is C28H41N3O7. The summed E-state index contributed by atoms with van der Waals surface area (Å²) in [5.41, 5.74) is 5.71. The number of fused-ring (bicyclic) bond motifs is 1. The van der Waals surface area contributed by atoms with E-state index in [1.54, 1.807) is 17.0 Å². The minimum absolute atomic E-state index is 0.0203. The number of ether oxygens (including phenoxy) is 3. The van der Waals surface area contributed by atoms with Gasteiger partial charge in [-0.1, -0.05) is 6.92 Å². The number of esters is 1. The summed E-state index contributed by atoms with van der Waals surface area (Å²) in [7, 11) is 0. The second kappa shape index (κ2) is 11.6. The Labute approximate surface area is 224 Å². The summed E-state index contributed by atoms with van der Waals surface area (Å²) in [6.45, 7) is 12.4. The van der Waals surface area contributed by atoms with Gasteiger partial charge in [-0.3, -0.25) is 14.4 Å². The molecule has 3 amide bonds. The van der Waals surface area contributed by atoms with Gasteiger partial charge in [-0.25, -0.2) is 4.79 Å². The zero-order valence-corrected chi connectivity index (χ0v) is 23.4. The van der Waals surface area contributed by atoms with E-state index < -0.39 is 29.1 Å². The van der Waals surface area contributed by atoms with Crippen LogP contribution >= 0.6 is 0 Å². The van der Waals surface area contributed by atoms with Gasteiger partial charge in [0.1, 0.15) is 29.1 Å². The monoisotopic (exact) mass is 531 g/mol. The summed E-state index contributed by atoms with van der Waals surface area (Å²) >= 11 is 0. The lowest BCUT2D eigenvalue weighted by atomic mass is 10.1. The van der Waals surface area contributed by atoms with Crippen molar-refractivity contribution in [3.05, 3.63) is 29.3 Å². The van der Waals surface area contributed by atoms with Crippen LogP contribution in [0.4, 0.5) is 4.79 Å². The maximum Gasteiger partial charge on any atom is 0.410 e. The summed E-state index contributed by atoms with van der Waals surface area (Å²) < 4.78 is 17.1. The van der Waals surface area contributed by atoms with Crippen molar-refractivity contribution in [3.8, 4) is 5.75 Å². The highest BCUT2D eigenvalue weighted by molar-refractivity contribution is 6.01. The number of amides is 3. The second-order valence-electron chi connectivity index (χ2n) is 11.6. The van der Waals surface area contributed by atoms with Gasteiger partial charge in [-0.05, 0) is 71.2 Å². The molecule has 1 aromatic rings. The summed E-state index contributed by atoms with van der Waals surface area (Å²) in [4.78, 5) is 53.0. The van der Waals surface area contributed by atoms with E-state index in [0.29, 0.717) is 43.7 Å². The first-order chi connectivity index (χ1) is 17.7. The van der Waals surface area contributed by atoms with Crippen LogP contribution in [0.25, 0.3) is 0 Å². The largest absolute Gasteiger partial charge is 0.490 e. The molecule has 210 valence electrons. The predicted octanol–water partition coefficient (Wildman–Crippen LogP) is 3.79. The third-order valence-electron chi connectivity index (χ3n) is 6.87. The van der Waals surface area contributed by atoms with Crippen molar-refractivity contribution >= 4 is 23.9 Å². The lowest BCUT2D eigenvalue weighted by molar-refractivity contribution is -0.157. The van der Waals surface area contributed by atoms with E-state index in [9.17, 15) is 19.2 Å². The van der Waals surface area contributed by atoms with E-state index >= 15 is 0 Å². The number of rotatable bonds is 9. The average molecular weight is 532 g/mol. The molecule has 0 radical (unpaired) electrons. The number of piperidine rings is 1. The highest BCUT2D eigenvalue weighted by atomic mass is 16.6. The van der Waals surface area contributed by atoms with Crippen molar-refractivity contribution in [2.45, 2.75) is 104 Å². The van der Waals surface area contributed by atoms with Crippen LogP contribution < -0.4 is 10.5 Å². The van der Waals surface area contributed by atoms with E-state index in [-0.39, 0.29) is 37.5 Å². The van der Waals surface area contributed by atoms with Gasteiger partial charge in [0.2, 0.25) is 5.91 Å². The van der Waals surface area contributed by atoms with Crippen LogP contribution in [0.5, 0.6) is 5.75 Å². The molecule has 2 N–H and O–H groups in total. The molecule has 1 fully saturated rings. The summed E-state index contributed by atoms with van der Waals surface area (Å²) in [5.74, 6) is -0.777. The van der Waals surface area contributed by atoms with Crippen molar-refractivity contribution in [2.24, 2.45) is 5.73 Å². The van der Waals surface area contributed by atoms with Gasteiger partial charge in [0.15, 0.2) is 0 Å². The zero-order chi connectivity index (χ0) is 28.3. The minimum atomic E-state index is -0.922. The highest BCUT2D eigenvalue weighted by Gasteiger charge is 2.36. The summed E-state index contributed by atoms with van der Waals surface area (Å²) in [6, 6.07) is 4.32. The maximum absolute atomic E-state index is 13.1. The Kier molecular flexibility index (Phi) is 8.94. The van der Waals surface area contributed by atoms with E-state index in [0.717, 1.165) is 5.56 Å². The fraction of sp³-hybridized carbons (Fsp3) is 0.643. The normalized spacial score (nSPS) is 17.2. The third-order valence-corrected chi connectivity index (χ3v) is 6.87. The Morgan fingerprint density at radius 3 is 2.32 bits per heavy atom. The quantitative estimate of drug-likeness (QED) is 0.480. The molecule has 2 heterocycles. The van der Waals surface area contributed by atoms with E-state index in [1.165, 1.54) is 4.90 Å². The molecule has 0 unspecified atom stereocenters. The van der Waals surface area contributed by atoms with E-state index in [2.05, 4.69) is 0 Å². The van der Waals surface area contributed by atoms with Gasteiger partial charge in [0.25, 0.3) is 5.91 Å². The molecule has 2 aliphatic heterocycles. The standard InChI is InChI=1S/C28H41N3O7/c1-7-28(5,6)37-23(32)11-10-22(24(29)33)31-17-18-16-20(8-9-21(18)25(31)34)36-19-12-14-30(15-13-19)26(35)38-27(2,3)4/h8-9,16,19,22H,7,10-15,17H2,1-6H3,(H2,29,33)/t22-/m0/s1. The van der Waals surface area contributed by atoms with Gasteiger partial charge in [-0.15, -0.1) is 0 Å². The Hall–Kier alpha value is -3.30. The molecule has 0 spiro atoms. The molecule has 1 atom stereocenters. The zero-order valence-electron chi connectivity index (χ0n) is 23.4. The van der Waals surface area contributed by atoms with Crippen molar-refractivity contribution < 1.29 is 33.4 Å². The summed E-state index contributed by atoms with van der Waals surface area (Å²) in [6.07, 6.45) is 1.66. The molecule has 10 nitrogen and oxygen atoms in total. The number of hydrogen-bond donors (Lipinski definition) is 1. The van der Waals surface area contributed by atoms with Crippen LogP contribution in [0.2, 0.25) is 0 Å². The molecule has 1 saturated heterocycles. The number of benzene rings is 1. The molecule has 10 heteroatoms. The lowest BCUT2D eigenvalue weighted by Crippen LogP contribution is -2.45. The Bertz CT molecular complexity index is 1060. The SMILES string of the molecule is CCC(C)(C)OC(=O)CC[C@@H](C(N)=O)N1Cc2cc(OC3CCN(C(=O)OC(C)(C)C)CC3)ccc2C1=O. The molecule has 2 aliphatic rings. The number of likely N-dealkylation sites (tertiary alicyclic amines) is 1. The smallest absolute Gasteiger partial charge is 0.410 e. The fourth-order valence-electron chi connectivity index (χ4n) is 4.46. The van der Waals surface area contributed by atoms with Gasteiger partial charge in [0.05, 0.1) is 0 Å². The number of nitrogens with two attached hydrogens (primary N) is 1. The molecular weight excluding hydrogens is 490 g/mol. The van der Waals surface area contributed by atoms with Crippen molar-refractivity contribution in [1.82, 2.24) is 9.80 Å². The first-order valence-electron chi connectivity index (χ1n) is 13.3. The first-order valence-corrected chi connectivity index (χ1v) is 13.3. The summed E-state index contributed by atoms with van der Waals surface area (Å²) in [5, 5.41) is 0. The van der Waals surface area contributed by atoms with Gasteiger partial charge in [-0.2, -0.15) is 0 Å². The molecule has 0 saturated carbocycles. The number of primary amides is 1. The van der Waals surface area contributed by atoms with Crippen molar-refractivity contribution in [3.63, 3.8) is 0 Å². The number of hydrogen-bond acceptors (Lipinski definition) is 7. The molecule has 0 aliphatic carbocycles. The second-order valence-corrected chi connectivity index (χ2v) is 11.6. The van der Waals surface area contributed by atoms with Crippen molar-refractivity contribution in [1.29, 1.82) is 0 Å². The average Bonchev–Trinajstić information content (AvgIpc) is 3.13. The van der Waals surface area contributed by atoms with Crippen LogP contribution in [0.1, 0.15) is 89.6 Å². The number of carbonyl (C=O) groups is 4. The minimum Gasteiger partial charge on any atom is -0.490 e. The van der Waals surface area contributed by atoms with Gasteiger partial charge < -0.3 is 29.7 Å². The Morgan fingerprint density at radius 1 is 1.08 bits per heavy atom. The van der Waals surface area contributed by atoms with Gasteiger partial charge in [0, 0.05) is 44.5 Å². The van der Waals surface area contributed by atoms with Crippen LogP contribution in [-0.4, -0.2) is 70.1 Å². The first kappa shape index (κ1) is 29.3. The molecule has 0 bridgehead atoms. The molecule has 1 aromatic carbocycles. The predicted molar refractivity (Wildman–Crippen MR) is 140 cm³/mol. The molecule has 0 aromatic heterocycles. The lowest BCUT2D eigenvalue weighted by Gasteiger charge is -2.33. The molecule has 3 rings (SSSR count). The maximum atomic E-state index is 13.1. The van der Waals surface area contributed by atoms with Crippen molar-refractivity contribution in [2.75, 3.05) is 13.1 Å². The van der Waals surface area contributed by atoms with E-state index in [4.69, 9.17) is 19.9 Å². The van der Waals surface area contributed by atoms with Crippen LogP contribution in [0.3, 0.4) is 0 Å². The van der Waals surface area contributed by atoms with Gasteiger partial charge >= 0.3 is 12.1 Å². The Balaban J connectivity index is 1.58. The fourth-order valence-corrected chi connectivity index (χ4v) is 4.46. The van der Waals surface area contributed by atoms with E-state index in [1.807, 2.05) is 47.6 Å². The Morgan fingerprint density at radius 2 is 1.74 bits per heavy atom. The number of carbonyl (C=O) groups excluding carboxylic acids is 4. The molecule has 38 heavy (non-hydrogen) atoms. The van der Waals surface area contributed by atoms with Crippen LogP contribution in [0, 0.1) is 0 Å². The van der Waals surface area contributed by atoms with Crippen LogP contribution in [-0.2, 0) is 25.6 Å². The highest BCUT2D eigenvalue weighted by Crippen LogP contribution is 2.31. The van der Waals surface area contributed by atoms with Crippen LogP contribution in [0.15, 0.2) is 18.2 Å². The topological polar surface area (TPSA) is 128 Å².